The van der Waals surface area contributed by atoms with Crippen LogP contribution in [0.15, 0.2) is 4.52 Å². The van der Waals surface area contributed by atoms with Crippen molar-refractivity contribution >= 4 is 0 Å². The van der Waals surface area contributed by atoms with Crippen molar-refractivity contribution in [3.63, 3.8) is 0 Å². The van der Waals surface area contributed by atoms with E-state index in [1.54, 1.807) is 0 Å². The van der Waals surface area contributed by atoms with Gasteiger partial charge in [-0.05, 0) is 25.2 Å². The first kappa shape index (κ1) is 11.2. The van der Waals surface area contributed by atoms with E-state index in [9.17, 15) is 0 Å². The molecule has 0 spiro atoms. The Morgan fingerprint density at radius 2 is 2.06 bits per heavy atom. The SMILES string of the molecule is CC1CC1c1noc(C2(CN)CCCCC2)n1. The molecule has 1 heterocycles. The fraction of sp³-hybridized carbons (Fsp3) is 0.846. The third kappa shape index (κ3) is 1.88. The Kier molecular flexibility index (Phi) is 2.69. The largest absolute Gasteiger partial charge is 0.339 e. The van der Waals surface area contributed by atoms with Crippen LogP contribution in [0.3, 0.4) is 0 Å². The summed E-state index contributed by atoms with van der Waals surface area (Å²) < 4.78 is 5.51. The quantitative estimate of drug-likeness (QED) is 0.873. The van der Waals surface area contributed by atoms with Crippen LogP contribution < -0.4 is 5.73 Å². The Hall–Kier alpha value is -0.900. The molecule has 2 atom stereocenters. The number of nitrogens with zero attached hydrogens (tertiary/aromatic N) is 2. The summed E-state index contributed by atoms with van der Waals surface area (Å²) in [6.45, 7) is 2.87. The van der Waals surface area contributed by atoms with Gasteiger partial charge in [-0.15, -0.1) is 0 Å². The topological polar surface area (TPSA) is 64.9 Å². The molecule has 0 amide bonds. The van der Waals surface area contributed by atoms with Gasteiger partial charge in [0, 0.05) is 12.5 Å². The third-order valence-electron chi connectivity index (χ3n) is 4.54. The standard InChI is InChI=1S/C13H21N3O/c1-9-7-10(9)11-15-12(17-16-11)13(8-14)5-3-2-4-6-13/h9-10H,2-8,14H2,1H3. The van der Waals surface area contributed by atoms with Crippen LogP contribution in [0, 0.1) is 5.92 Å². The van der Waals surface area contributed by atoms with Crippen LogP contribution in [-0.2, 0) is 5.41 Å². The Morgan fingerprint density at radius 3 is 2.65 bits per heavy atom. The van der Waals surface area contributed by atoms with Crippen molar-refractivity contribution in [1.82, 2.24) is 10.1 Å². The molecule has 1 aromatic rings. The van der Waals surface area contributed by atoms with Crippen LogP contribution >= 0.6 is 0 Å². The minimum Gasteiger partial charge on any atom is -0.339 e. The van der Waals surface area contributed by atoms with Gasteiger partial charge in [-0.1, -0.05) is 31.3 Å². The summed E-state index contributed by atoms with van der Waals surface area (Å²) in [6.07, 6.45) is 7.18. The zero-order valence-corrected chi connectivity index (χ0v) is 10.5. The van der Waals surface area contributed by atoms with Crippen LogP contribution in [0.1, 0.15) is 63.1 Å². The van der Waals surface area contributed by atoms with Gasteiger partial charge in [-0.2, -0.15) is 4.98 Å². The highest BCUT2D eigenvalue weighted by atomic mass is 16.5. The molecule has 0 radical (unpaired) electrons. The molecule has 2 aliphatic carbocycles. The highest BCUT2D eigenvalue weighted by Gasteiger charge is 2.42. The molecule has 0 aromatic carbocycles. The first-order chi connectivity index (χ1) is 8.25. The number of hydrogen-bond acceptors (Lipinski definition) is 4. The van der Waals surface area contributed by atoms with E-state index in [2.05, 4.69) is 17.1 Å². The van der Waals surface area contributed by atoms with Crippen LogP contribution in [-0.4, -0.2) is 16.7 Å². The highest BCUT2D eigenvalue weighted by molar-refractivity contribution is 5.13. The number of nitrogens with two attached hydrogens (primary N) is 1. The van der Waals surface area contributed by atoms with Gasteiger partial charge in [-0.25, -0.2) is 0 Å². The molecule has 4 nitrogen and oxygen atoms in total. The van der Waals surface area contributed by atoms with E-state index in [1.807, 2.05) is 0 Å². The Morgan fingerprint density at radius 1 is 1.35 bits per heavy atom. The van der Waals surface area contributed by atoms with Crippen molar-refractivity contribution in [2.45, 2.75) is 56.8 Å². The number of hydrogen-bond donors (Lipinski definition) is 1. The van der Waals surface area contributed by atoms with E-state index in [0.717, 1.165) is 30.5 Å². The minimum absolute atomic E-state index is 0.0262. The van der Waals surface area contributed by atoms with Crippen molar-refractivity contribution in [2.75, 3.05) is 6.54 Å². The summed E-state index contributed by atoms with van der Waals surface area (Å²) in [6, 6.07) is 0. The van der Waals surface area contributed by atoms with Gasteiger partial charge in [0.1, 0.15) is 0 Å². The second kappa shape index (κ2) is 4.09. The predicted molar refractivity (Wildman–Crippen MR) is 64.6 cm³/mol. The smallest absolute Gasteiger partial charge is 0.234 e. The van der Waals surface area contributed by atoms with Crippen LogP contribution in [0.25, 0.3) is 0 Å². The van der Waals surface area contributed by atoms with Crippen LogP contribution in [0.4, 0.5) is 0 Å². The second-order valence-electron chi connectivity index (χ2n) is 5.82. The van der Waals surface area contributed by atoms with E-state index in [1.165, 1.54) is 25.7 Å². The summed E-state index contributed by atoms with van der Waals surface area (Å²) in [4.78, 5) is 4.63. The van der Waals surface area contributed by atoms with Gasteiger partial charge in [0.15, 0.2) is 5.82 Å². The lowest BCUT2D eigenvalue weighted by atomic mass is 9.74. The summed E-state index contributed by atoms with van der Waals surface area (Å²) in [5.74, 6) is 2.96. The summed E-state index contributed by atoms with van der Waals surface area (Å²) in [5, 5.41) is 4.16. The zero-order valence-electron chi connectivity index (χ0n) is 10.5. The van der Waals surface area contributed by atoms with E-state index in [4.69, 9.17) is 10.3 Å². The fourth-order valence-electron chi connectivity index (χ4n) is 3.02. The zero-order chi connectivity index (χ0) is 11.9. The lowest BCUT2D eigenvalue weighted by Crippen LogP contribution is -2.37. The van der Waals surface area contributed by atoms with Gasteiger partial charge >= 0.3 is 0 Å². The molecule has 0 aliphatic heterocycles. The van der Waals surface area contributed by atoms with Crippen molar-refractivity contribution in [3.8, 4) is 0 Å². The van der Waals surface area contributed by atoms with E-state index in [0.29, 0.717) is 12.5 Å². The van der Waals surface area contributed by atoms with Gasteiger partial charge in [0.2, 0.25) is 5.89 Å². The molecule has 2 N–H and O–H groups in total. The monoisotopic (exact) mass is 235 g/mol. The second-order valence-corrected chi connectivity index (χ2v) is 5.82. The van der Waals surface area contributed by atoms with Gasteiger partial charge in [0.05, 0.1) is 5.41 Å². The molecule has 3 rings (SSSR count). The molecule has 2 unspecified atom stereocenters. The highest BCUT2D eigenvalue weighted by Crippen LogP contribution is 2.46. The average Bonchev–Trinajstić information content (AvgIpc) is 2.92. The predicted octanol–water partition coefficient (Wildman–Crippen LogP) is 2.35. The normalized spacial score (nSPS) is 31.4. The molecule has 0 saturated heterocycles. The molecule has 2 aliphatic rings. The van der Waals surface area contributed by atoms with Crippen molar-refractivity contribution in [3.05, 3.63) is 11.7 Å². The van der Waals surface area contributed by atoms with E-state index in [-0.39, 0.29) is 5.41 Å². The summed E-state index contributed by atoms with van der Waals surface area (Å²) >= 11 is 0. The molecule has 94 valence electrons. The molecule has 2 saturated carbocycles. The first-order valence-corrected chi connectivity index (χ1v) is 6.79. The van der Waals surface area contributed by atoms with E-state index < -0.39 is 0 Å². The van der Waals surface area contributed by atoms with Crippen molar-refractivity contribution < 1.29 is 4.52 Å². The number of rotatable bonds is 3. The minimum atomic E-state index is -0.0262. The maximum Gasteiger partial charge on any atom is 0.234 e. The van der Waals surface area contributed by atoms with Crippen LogP contribution in [0.2, 0.25) is 0 Å². The molecule has 2 fully saturated rings. The average molecular weight is 235 g/mol. The van der Waals surface area contributed by atoms with Gasteiger partial charge in [0.25, 0.3) is 0 Å². The molecule has 17 heavy (non-hydrogen) atoms. The van der Waals surface area contributed by atoms with Crippen LogP contribution in [0.5, 0.6) is 0 Å². The molecular formula is C13H21N3O. The number of aromatic nitrogens is 2. The van der Waals surface area contributed by atoms with E-state index >= 15 is 0 Å². The Balaban J connectivity index is 1.83. The summed E-state index contributed by atoms with van der Waals surface area (Å²) in [5.41, 5.74) is 5.94. The lowest BCUT2D eigenvalue weighted by molar-refractivity contribution is 0.219. The maximum atomic E-state index is 5.97. The Labute approximate surface area is 102 Å². The molecule has 1 aromatic heterocycles. The summed E-state index contributed by atoms with van der Waals surface area (Å²) in [7, 11) is 0. The fourth-order valence-corrected chi connectivity index (χ4v) is 3.02. The maximum absolute atomic E-state index is 5.97. The first-order valence-electron chi connectivity index (χ1n) is 6.79. The molecule has 4 heteroatoms. The molecule has 0 bridgehead atoms. The van der Waals surface area contributed by atoms with Crippen molar-refractivity contribution in [2.24, 2.45) is 11.7 Å². The molecular weight excluding hydrogens is 214 g/mol. The Bertz CT molecular complexity index is 395. The lowest BCUT2D eigenvalue weighted by Gasteiger charge is -2.32. The van der Waals surface area contributed by atoms with Gasteiger partial charge < -0.3 is 10.3 Å². The van der Waals surface area contributed by atoms with Crippen molar-refractivity contribution in [1.29, 1.82) is 0 Å². The third-order valence-corrected chi connectivity index (χ3v) is 4.54. The van der Waals surface area contributed by atoms with Gasteiger partial charge in [-0.3, -0.25) is 0 Å².